The normalized spacial score (nSPS) is 25.6. The average molecular weight is 275 g/mol. The van der Waals surface area contributed by atoms with E-state index in [9.17, 15) is 4.79 Å². The van der Waals surface area contributed by atoms with Gasteiger partial charge in [0.15, 0.2) is 0 Å². The highest BCUT2D eigenvalue weighted by molar-refractivity contribution is 5.78. The minimum atomic E-state index is -0.153. The number of hydrogen-bond acceptors (Lipinski definition) is 4. The standard InChI is InChI=1S/C15H21N3O2/c16-17-15(19)7-11-3-1-2-4-12(11)8-18-9-13-5-6-14(10-18)20-13/h1-4,13-14H,5-10,16H2,(H,17,19). The van der Waals surface area contributed by atoms with Gasteiger partial charge in [-0.25, -0.2) is 5.84 Å². The summed E-state index contributed by atoms with van der Waals surface area (Å²) in [5.41, 5.74) is 4.45. The van der Waals surface area contributed by atoms with Gasteiger partial charge in [0.1, 0.15) is 0 Å². The molecule has 3 rings (SSSR count). The number of amides is 1. The first kappa shape index (κ1) is 13.5. The molecular formula is C15H21N3O2. The molecule has 0 aromatic heterocycles. The van der Waals surface area contributed by atoms with Crippen molar-refractivity contribution < 1.29 is 9.53 Å². The predicted octanol–water partition coefficient (Wildman–Crippen LogP) is 0.582. The summed E-state index contributed by atoms with van der Waals surface area (Å²) >= 11 is 0. The van der Waals surface area contributed by atoms with Gasteiger partial charge in [-0.3, -0.25) is 15.1 Å². The Bertz CT molecular complexity index is 480. The molecule has 108 valence electrons. The number of nitrogens with two attached hydrogens (primary N) is 1. The Morgan fingerprint density at radius 2 is 1.90 bits per heavy atom. The van der Waals surface area contributed by atoms with Gasteiger partial charge in [-0.2, -0.15) is 0 Å². The number of morpholine rings is 1. The van der Waals surface area contributed by atoms with Crippen LogP contribution in [0.5, 0.6) is 0 Å². The lowest BCUT2D eigenvalue weighted by Crippen LogP contribution is -2.42. The molecule has 5 nitrogen and oxygen atoms in total. The van der Waals surface area contributed by atoms with E-state index in [0.29, 0.717) is 18.6 Å². The largest absolute Gasteiger partial charge is 0.372 e. The van der Waals surface area contributed by atoms with Crippen molar-refractivity contribution in [2.75, 3.05) is 13.1 Å². The molecule has 2 bridgehead atoms. The first-order valence-electron chi connectivity index (χ1n) is 7.18. The summed E-state index contributed by atoms with van der Waals surface area (Å²) in [4.78, 5) is 13.9. The van der Waals surface area contributed by atoms with Crippen LogP contribution < -0.4 is 11.3 Å². The summed E-state index contributed by atoms with van der Waals surface area (Å²) in [6.45, 7) is 2.87. The van der Waals surface area contributed by atoms with Crippen LogP contribution >= 0.6 is 0 Å². The molecule has 2 aliphatic heterocycles. The number of nitrogens with one attached hydrogen (secondary N) is 1. The number of ether oxygens (including phenoxy) is 1. The fraction of sp³-hybridized carbons (Fsp3) is 0.533. The number of likely N-dealkylation sites (tertiary alicyclic amines) is 1. The molecule has 2 saturated heterocycles. The van der Waals surface area contributed by atoms with Crippen molar-refractivity contribution in [2.45, 2.75) is 38.0 Å². The summed E-state index contributed by atoms with van der Waals surface area (Å²) in [7, 11) is 0. The zero-order valence-corrected chi connectivity index (χ0v) is 11.5. The van der Waals surface area contributed by atoms with Gasteiger partial charge in [-0.05, 0) is 24.0 Å². The van der Waals surface area contributed by atoms with Gasteiger partial charge in [0.05, 0.1) is 18.6 Å². The van der Waals surface area contributed by atoms with Gasteiger partial charge in [0.2, 0.25) is 5.91 Å². The van der Waals surface area contributed by atoms with Gasteiger partial charge in [-0.15, -0.1) is 0 Å². The summed E-state index contributed by atoms with van der Waals surface area (Å²) in [6.07, 6.45) is 3.49. The second-order valence-corrected chi connectivity index (χ2v) is 5.66. The Labute approximate surface area is 119 Å². The monoisotopic (exact) mass is 275 g/mol. The van der Waals surface area contributed by atoms with Crippen molar-refractivity contribution in [1.82, 2.24) is 10.3 Å². The van der Waals surface area contributed by atoms with E-state index >= 15 is 0 Å². The molecule has 2 atom stereocenters. The fourth-order valence-corrected chi connectivity index (χ4v) is 3.18. The van der Waals surface area contributed by atoms with Crippen LogP contribution in [0, 0.1) is 0 Å². The predicted molar refractivity (Wildman–Crippen MR) is 75.6 cm³/mol. The molecule has 5 heteroatoms. The van der Waals surface area contributed by atoms with E-state index in [1.54, 1.807) is 0 Å². The summed E-state index contributed by atoms with van der Waals surface area (Å²) < 4.78 is 5.86. The van der Waals surface area contributed by atoms with Crippen LogP contribution in [0.1, 0.15) is 24.0 Å². The number of fused-ring (bicyclic) bond motifs is 2. The van der Waals surface area contributed by atoms with E-state index in [4.69, 9.17) is 10.6 Å². The second kappa shape index (κ2) is 5.91. The lowest BCUT2D eigenvalue weighted by molar-refractivity contribution is -0.120. The Morgan fingerprint density at radius 1 is 1.25 bits per heavy atom. The van der Waals surface area contributed by atoms with Crippen molar-refractivity contribution in [1.29, 1.82) is 0 Å². The molecule has 0 saturated carbocycles. The Morgan fingerprint density at radius 3 is 2.55 bits per heavy atom. The number of nitrogens with zero attached hydrogens (tertiary/aromatic N) is 1. The highest BCUT2D eigenvalue weighted by Crippen LogP contribution is 2.27. The van der Waals surface area contributed by atoms with Crippen LogP contribution in [0.15, 0.2) is 24.3 Å². The van der Waals surface area contributed by atoms with E-state index in [0.717, 1.165) is 25.2 Å². The van der Waals surface area contributed by atoms with Crippen molar-refractivity contribution in [3.8, 4) is 0 Å². The molecule has 3 N–H and O–H groups in total. The lowest BCUT2D eigenvalue weighted by Gasteiger charge is -2.32. The molecule has 1 aromatic carbocycles. The molecule has 1 aromatic rings. The summed E-state index contributed by atoms with van der Waals surface area (Å²) in [5, 5.41) is 0. The highest BCUT2D eigenvalue weighted by Gasteiger charge is 2.33. The molecule has 0 aliphatic carbocycles. The van der Waals surface area contributed by atoms with E-state index in [2.05, 4.69) is 16.4 Å². The maximum atomic E-state index is 11.5. The number of carbonyl (C=O) groups excluding carboxylic acids is 1. The highest BCUT2D eigenvalue weighted by atomic mass is 16.5. The van der Waals surface area contributed by atoms with Crippen molar-refractivity contribution >= 4 is 5.91 Å². The van der Waals surface area contributed by atoms with Gasteiger partial charge in [0.25, 0.3) is 0 Å². The molecule has 2 fully saturated rings. The Hall–Kier alpha value is -1.43. The topological polar surface area (TPSA) is 67.6 Å². The van der Waals surface area contributed by atoms with E-state index in [-0.39, 0.29) is 5.91 Å². The minimum Gasteiger partial charge on any atom is -0.372 e. The SMILES string of the molecule is NNC(=O)Cc1ccccc1CN1CC2CCC(C1)O2. The molecule has 2 unspecified atom stereocenters. The van der Waals surface area contributed by atoms with Gasteiger partial charge >= 0.3 is 0 Å². The number of benzene rings is 1. The van der Waals surface area contributed by atoms with Crippen LogP contribution in [-0.4, -0.2) is 36.1 Å². The molecule has 0 radical (unpaired) electrons. The number of carbonyl (C=O) groups is 1. The molecule has 2 aliphatic rings. The van der Waals surface area contributed by atoms with E-state index in [1.165, 1.54) is 18.4 Å². The molecule has 1 amide bonds. The fourth-order valence-electron chi connectivity index (χ4n) is 3.18. The molecular weight excluding hydrogens is 254 g/mol. The first-order chi connectivity index (χ1) is 9.74. The van der Waals surface area contributed by atoms with E-state index < -0.39 is 0 Å². The zero-order valence-electron chi connectivity index (χ0n) is 11.5. The van der Waals surface area contributed by atoms with E-state index in [1.807, 2.05) is 18.2 Å². The summed E-state index contributed by atoms with van der Waals surface area (Å²) in [6, 6.07) is 8.08. The van der Waals surface area contributed by atoms with Crippen LogP contribution in [0.2, 0.25) is 0 Å². The van der Waals surface area contributed by atoms with Crippen LogP contribution in [0.4, 0.5) is 0 Å². The third-order valence-corrected chi connectivity index (χ3v) is 4.14. The third kappa shape index (κ3) is 3.00. The maximum absolute atomic E-state index is 11.5. The van der Waals surface area contributed by atoms with Crippen LogP contribution in [0.25, 0.3) is 0 Å². The minimum absolute atomic E-state index is 0.153. The molecule has 20 heavy (non-hydrogen) atoms. The van der Waals surface area contributed by atoms with Gasteiger partial charge in [0, 0.05) is 19.6 Å². The zero-order chi connectivity index (χ0) is 13.9. The molecule has 2 heterocycles. The smallest absolute Gasteiger partial charge is 0.238 e. The van der Waals surface area contributed by atoms with Crippen LogP contribution in [0.3, 0.4) is 0 Å². The quantitative estimate of drug-likeness (QED) is 0.479. The molecule has 0 spiro atoms. The third-order valence-electron chi connectivity index (χ3n) is 4.14. The lowest BCUT2D eigenvalue weighted by atomic mass is 10.0. The summed E-state index contributed by atoms with van der Waals surface area (Å²) in [5.74, 6) is 5.02. The maximum Gasteiger partial charge on any atom is 0.238 e. The van der Waals surface area contributed by atoms with Crippen molar-refractivity contribution in [3.63, 3.8) is 0 Å². The van der Waals surface area contributed by atoms with Gasteiger partial charge < -0.3 is 4.74 Å². The second-order valence-electron chi connectivity index (χ2n) is 5.66. The van der Waals surface area contributed by atoms with Crippen molar-refractivity contribution in [3.05, 3.63) is 35.4 Å². The average Bonchev–Trinajstić information content (AvgIpc) is 2.80. The van der Waals surface area contributed by atoms with Gasteiger partial charge in [-0.1, -0.05) is 24.3 Å². The Balaban J connectivity index is 1.69. The van der Waals surface area contributed by atoms with Crippen molar-refractivity contribution in [2.24, 2.45) is 5.84 Å². The first-order valence-corrected chi connectivity index (χ1v) is 7.18. The Kier molecular flexibility index (Phi) is 4.00. The number of rotatable bonds is 4. The van der Waals surface area contributed by atoms with Crippen LogP contribution in [-0.2, 0) is 22.5 Å². The number of hydrazine groups is 1. The number of hydrogen-bond donors (Lipinski definition) is 2.